The molecule has 0 saturated carbocycles. The molecule has 5 heteroatoms. The first kappa shape index (κ1) is 17.3. The van der Waals surface area contributed by atoms with Crippen LogP contribution in [0.25, 0.3) is 0 Å². The van der Waals surface area contributed by atoms with Crippen LogP contribution in [0, 0.1) is 6.92 Å². The van der Waals surface area contributed by atoms with Gasteiger partial charge in [0.1, 0.15) is 6.04 Å². The van der Waals surface area contributed by atoms with Gasteiger partial charge in [-0.1, -0.05) is 19.1 Å². The lowest BCUT2D eigenvalue weighted by Gasteiger charge is -2.30. The lowest BCUT2D eigenvalue weighted by atomic mass is 10.0. The van der Waals surface area contributed by atoms with Crippen LogP contribution in [0.1, 0.15) is 45.6 Å². The molecule has 1 aliphatic rings. The average molecular weight is 317 g/mol. The Balaban J connectivity index is 2.03. The Labute approximate surface area is 138 Å². The maximum absolute atomic E-state index is 12.5. The van der Waals surface area contributed by atoms with Crippen LogP contribution >= 0.6 is 0 Å². The molecule has 0 bridgehead atoms. The molecule has 3 amide bonds. The predicted octanol–water partition coefficient (Wildman–Crippen LogP) is 3.30. The molecule has 23 heavy (non-hydrogen) atoms. The zero-order chi connectivity index (χ0) is 17.0. The number of likely N-dealkylation sites (tertiary alicyclic amines) is 1. The normalized spacial score (nSPS) is 17.9. The molecule has 0 spiro atoms. The van der Waals surface area contributed by atoms with E-state index in [4.69, 9.17) is 0 Å². The summed E-state index contributed by atoms with van der Waals surface area (Å²) in [6.45, 7) is 8.63. The van der Waals surface area contributed by atoms with E-state index in [-0.39, 0.29) is 23.5 Å². The van der Waals surface area contributed by atoms with Gasteiger partial charge in [0.2, 0.25) is 5.91 Å². The molecule has 0 unspecified atom stereocenters. The Hall–Kier alpha value is -2.04. The number of hydrogen-bond donors (Lipinski definition) is 2. The summed E-state index contributed by atoms with van der Waals surface area (Å²) in [5.41, 5.74) is 1.59. The summed E-state index contributed by atoms with van der Waals surface area (Å²) in [5, 5.41) is 5.94. The topological polar surface area (TPSA) is 61.4 Å². The molecular formula is C18H27N3O2. The van der Waals surface area contributed by atoms with Gasteiger partial charge < -0.3 is 15.5 Å². The number of hydrogen-bond acceptors (Lipinski definition) is 2. The first-order valence-corrected chi connectivity index (χ1v) is 8.29. The monoisotopic (exact) mass is 317 g/mol. The maximum atomic E-state index is 12.5. The van der Waals surface area contributed by atoms with Gasteiger partial charge in [0.25, 0.3) is 0 Å². The molecule has 1 atom stereocenters. The van der Waals surface area contributed by atoms with E-state index in [0.29, 0.717) is 13.0 Å². The van der Waals surface area contributed by atoms with Gasteiger partial charge in [0.15, 0.2) is 0 Å². The van der Waals surface area contributed by atoms with Crippen LogP contribution < -0.4 is 10.6 Å². The van der Waals surface area contributed by atoms with Crippen LogP contribution in [0.3, 0.4) is 0 Å². The maximum Gasteiger partial charge on any atom is 0.322 e. The Morgan fingerprint density at radius 2 is 2.09 bits per heavy atom. The van der Waals surface area contributed by atoms with Crippen molar-refractivity contribution in [2.24, 2.45) is 0 Å². The van der Waals surface area contributed by atoms with E-state index in [0.717, 1.165) is 24.1 Å². The van der Waals surface area contributed by atoms with Crippen LogP contribution in [0.5, 0.6) is 0 Å². The molecular weight excluding hydrogens is 290 g/mol. The number of amides is 3. The van der Waals surface area contributed by atoms with E-state index in [9.17, 15) is 9.59 Å². The molecule has 5 nitrogen and oxygen atoms in total. The fourth-order valence-electron chi connectivity index (χ4n) is 2.71. The van der Waals surface area contributed by atoms with Crippen molar-refractivity contribution in [3.8, 4) is 0 Å². The molecule has 2 rings (SSSR count). The summed E-state index contributed by atoms with van der Waals surface area (Å²) < 4.78 is 0. The zero-order valence-corrected chi connectivity index (χ0v) is 14.5. The molecule has 1 heterocycles. The predicted molar refractivity (Wildman–Crippen MR) is 92.4 cm³/mol. The molecule has 126 valence electrons. The summed E-state index contributed by atoms with van der Waals surface area (Å²) in [6, 6.07) is 7.07. The first-order valence-electron chi connectivity index (χ1n) is 8.29. The van der Waals surface area contributed by atoms with Gasteiger partial charge in [-0.3, -0.25) is 4.79 Å². The number of nitrogens with one attached hydrogen (secondary N) is 2. The van der Waals surface area contributed by atoms with E-state index in [1.165, 1.54) is 0 Å². The van der Waals surface area contributed by atoms with Crippen molar-refractivity contribution in [3.05, 3.63) is 29.8 Å². The Bertz CT molecular complexity index is 583. The van der Waals surface area contributed by atoms with Crippen molar-refractivity contribution < 1.29 is 9.59 Å². The summed E-state index contributed by atoms with van der Waals surface area (Å²) in [6.07, 6.45) is 2.42. The van der Waals surface area contributed by atoms with Crippen LogP contribution in [0.2, 0.25) is 0 Å². The van der Waals surface area contributed by atoms with Crippen LogP contribution in [-0.4, -0.2) is 35.0 Å². The lowest BCUT2D eigenvalue weighted by molar-refractivity contribution is -0.126. The zero-order valence-electron chi connectivity index (χ0n) is 14.5. The van der Waals surface area contributed by atoms with E-state index < -0.39 is 0 Å². The van der Waals surface area contributed by atoms with Crippen molar-refractivity contribution in [2.45, 2.75) is 58.5 Å². The quantitative estimate of drug-likeness (QED) is 0.895. The molecule has 2 N–H and O–H groups in total. The standard InChI is InChI=1S/C18H27N3O2/c1-5-18(3,4)20-16(22)15-10-7-11-21(15)17(23)19-14-9-6-8-13(2)12-14/h6,8-9,12,15H,5,7,10-11H2,1-4H3,(H,19,23)(H,20,22)/t15-/m0/s1. The summed E-state index contributed by atoms with van der Waals surface area (Å²) in [5.74, 6) is -0.0613. The molecule has 0 aliphatic carbocycles. The molecule has 1 aliphatic heterocycles. The second-order valence-electron chi connectivity index (χ2n) is 6.88. The number of rotatable bonds is 4. The van der Waals surface area contributed by atoms with Gasteiger partial charge >= 0.3 is 6.03 Å². The first-order chi connectivity index (χ1) is 10.8. The lowest BCUT2D eigenvalue weighted by Crippen LogP contribution is -2.53. The number of urea groups is 1. The molecule has 1 aromatic rings. The largest absolute Gasteiger partial charge is 0.349 e. The number of carbonyl (C=O) groups excluding carboxylic acids is 2. The van der Waals surface area contributed by atoms with Gasteiger partial charge in [-0.25, -0.2) is 4.79 Å². The second kappa shape index (κ2) is 7.02. The third-order valence-corrected chi connectivity index (χ3v) is 4.43. The minimum absolute atomic E-state index is 0.0613. The summed E-state index contributed by atoms with van der Waals surface area (Å²) in [7, 11) is 0. The Morgan fingerprint density at radius 1 is 1.35 bits per heavy atom. The van der Waals surface area contributed by atoms with E-state index in [1.807, 2.05) is 52.0 Å². The van der Waals surface area contributed by atoms with E-state index in [2.05, 4.69) is 10.6 Å². The van der Waals surface area contributed by atoms with Crippen LogP contribution in [0.4, 0.5) is 10.5 Å². The fourth-order valence-corrected chi connectivity index (χ4v) is 2.71. The van der Waals surface area contributed by atoms with Gasteiger partial charge in [0, 0.05) is 17.8 Å². The number of benzene rings is 1. The third-order valence-electron chi connectivity index (χ3n) is 4.43. The van der Waals surface area contributed by atoms with Gasteiger partial charge in [-0.15, -0.1) is 0 Å². The summed E-state index contributed by atoms with van der Waals surface area (Å²) in [4.78, 5) is 26.7. The minimum Gasteiger partial charge on any atom is -0.349 e. The van der Waals surface area contributed by atoms with Crippen molar-refractivity contribution >= 4 is 17.6 Å². The number of aryl methyl sites for hydroxylation is 1. The van der Waals surface area contributed by atoms with E-state index >= 15 is 0 Å². The Kier molecular flexibility index (Phi) is 5.29. The smallest absolute Gasteiger partial charge is 0.322 e. The average Bonchev–Trinajstić information content (AvgIpc) is 2.96. The molecule has 1 aromatic carbocycles. The minimum atomic E-state index is -0.384. The fraction of sp³-hybridized carbons (Fsp3) is 0.556. The van der Waals surface area contributed by atoms with Gasteiger partial charge in [-0.2, -0.15) is 0 Å². The Morgan fingerprint density at radius 3 is 2.74 bits per heavy atom. The van der Waals surface area contributed by atoms with Gasteiger partial charge in [0.05, 0.1) is 0 Å². The highest BCUT2D eigenvalue weighted by Gasteiger charge is 2.35. The molecule has 0 aromatic heterocycles. The van der Waals surface area contributed by atoms with Crippen LogP contribution in [-0.2, 0) is 4.79 Å². The number of nitrogens with zero attached hydrogens (tertiary/aromatic N) is 1. The SMILES string of the molecule is CCC(C)(C)NC(=O)[C@@H]1CCCN1C(=O)Nc1cccc(C)c1. The van der Waals surface area contributed by atoms with Crippen molar-refractivity contribution in [2.75, 3.05) is 11.9 Å². The summed E-state index contributed by atoms with van der Waals surface area (Å²) >= 11 is 0. The van der Waals surface area contributed by atoms with Crippen LogP contribution in [0.15, 0.2) is 24.3 Å². The van der Waals surface area contributed by atoms with E-state index in [1.54, 1.807) is 4.90 Å². The highest BCUT2D eigenvalue weighted by molar-refractivity contribution is 5.94. The number of carbonyl (C=O) groups is 2. The number of anilines is 1. The second-order valence-corrected chi connectivity index (χ2v) is 6.88. The van der Waals surface area contributed by atoms with Gasteiger partial charge in [-0.05, 0) is 57.7 Å². The third kappa shape index (κ3) is 4.47. The van der Waals surface area contributed by atoms with Crippen molar-refractivity contribution in [3.63, 3.8) is 0 Å². The highest BCUT2D eigenvalue weighted by Crippen LogP contribution is 2.21. The highest BCUT2D eigenvalue weighted by atomic mass is 16.2. The molecule has 1 saturated heterocycles. The molecule has 0 radical (unpaired) electrons. The molecule has 1 fully saturated rings. The van der Waals surface area contributed by atoms with Crippen molar-refractivity contribution in [1.29, 1.82) is 0 Å². The van der Waals surface area contributed by atoms with Crippen molar-refractivity contribution in [1.82, 2.24) is 10.2 Å².